The Hall–Kier alpha value is -1.14. The third-order valence-corrected chi connectivity index (χ3v) is 6.51. The van der Waals surface area contributed by atoms with Crippen molar-refractivity contribution >= 4 is 15.8 Å². The number of hydrogen-bond acceptors (Lipinski definition) is 4. The number of sulfonamides is 1. The first-order chi connectivity index (χ1) is 10.0. The molecule has 0 aliphatic heterocycles. The van der Waals surface area contributed by atoms with E-state index in [-0.39, 0.29) is 10.9 Å². The van der Waals surface area contributed by atoms with Crippen LogP contribution in [0.1, 0.15) is 39.0 Å². The summed E-state index contributed by atoms with van der Waals surface area (Å²) in [6, 6.07) is 3.38. The molecule has 1 heterocycles. The van der Waals surface area contributed by atoms with Crippen LogP contribution in [-0.2, 0) is 10.0 Å². The topological polar surface area (TPSA) is 62.3 Å². The summed E-state index contributed by atoms with van der Waals surface area (Å²) in [5.41, 5.74) is 0. The lowest BCUT2D eigenvalue weighted by Gasteiger charge is -2.33. The molecule has 0 bridgehead atoms. The van der Waals surface area contributed by atoms with Gasteiger partial charge in [-0.05, 0) is 43.7 Å². The van der Waals surface area contributed by atoms with E-state index in [0.717, 1.165) is 31.6 Å². The van der Waals surface area contributed by atoms with Crippen molar-refractivity contribution in [3.8, 4) is 0 Å². The molecule has 1 N–H and O–H groups in total. The molecule has 21 heavy (non-hydrogen) atoms. The summed E-state index contributed by atoms with van der Waals surface area (Å²) in [6.07, 6.45) is 6.92. The normalized spacial score (nSPS) is 23.2. The first kappa shape index (κ1) is 16.2. The van der Waals surface area contributed by atoms with Gasteiger partial charge in [0.2, 0.25) is 10.0 Å². The van der Waals surface area contributed by atoms with Gasteiger partial charge in [-0.3, -0.25) is 0 Å². The second kappa shape index (κ2) is 6.75. The predicted octanol–water partition coefficient (Wildman–Crippen LogP) is 2.71. The molecule has 1 aliphatic rings. The van der Waals surface area contributed by atoms with Crippen LogP contribution in [0.15, 0.2) is 23.2 Å². The number of aromatic nitrogens is 1. The maximum absolute atomic E-state index is 12.8. The zero-order valence-corrected chi connectivity index (χ0v) is 13.9. The second-order valence-corrected chi connectivity index (χ2v) is 7.67. The van der Waals surface area contributed by atoms with Crippen LogP contribution in [0, 0.1) is 5.92 Å². The minimum Gasteiger partial charge on any atom is -0.372 e. The number of rotatable bonds is 5. The minimum absolute atomic E-state index is 0.0997. The van der Waals surface area contributed by atoms with Gasteiger partial charge >= 0.3 is 0 Å². The Morgan fingerprint density at radius 3 is 2.57 bits per heavy atom. The fourth-order valence-electron chi connectivity index (χ4n) is 3.05. The number of nitrogens with zero attached hydrogens (tertiary/aromatic N) is 2. The van der Waals surface area contributed by atoms with Crippen molar-refractivity contribution in [3.63, 3.8) is 0 Å². The van der Waals surface area contributed by atoms with E-state index in [1.54, 1.807) is 32.4 Å². The van der Waals surface area contributed by atoms with Crippen molar-refractivity contribution in [1.29, 1.82) is 0 Å². The maximum atomic E-state index is 12.8. The summed E-state index contributed by atoms with van der Waals surface area (Å²) in [5, 5.41) is 2.86. The fraction of sp³-hybridized carbons (Fsp3) is 0.667. The molecule has 0 radical (unpaired) electrons. The van der Waals surface area contributed by atoms with Crippen LogP contribution in [0.2, 0.25) is 0 Å². The molecular formula is C15H25N3O2S. The van der Waals surface area contributed by atoms with Gasteiger partial charge < -0.3 is 5.32 Å². The highest BCUT2D eigenvalue weighted by Crippen LogP contribution is 2.32. The minimum atomic E-state index is -3.50. The van der Waals surface area contributed by atoms with E-state index in [1.165, 1.54) is 10.7 Å². The molecule has 2 rings (SSSR count). The lowest BCUT2D eigenvalue weighted by molar-refractivity contribution is 0.233. The van der Waals surface area contributed by atoms with Crippen LogP contribution in [-0.4, -0.2) is 37.8 Å². The summed E-state index contributed by atoms with van der Waals surface area (Å²) >= 11 is 0. The Labute approximate surface area is 127 Å². The van der Waals surface area contributed by atoms with Crippen molar-refractivity contribution in [3.05, 3.63) is 18.3 Å². The number of pyridine rings is 1. The van der Waals surface area contributed by atoms with Crippen LogP contribution in [0.3, 0.4) is 0 Å². The largest absolute Gasteiger partial charge is 0.372 e. The number of anilines is 1. The van der Waals surface area contributed by atoms with Gasteiger partial charge in [0.15, 0.2) is 0 Å². The monoisotopic (exact) mass is 311 g/mol. The van der Waals surface area contributed by atoms with Crippen LogP contribution < -0.4 is 5.32 Å². The SMILES string of the molecule is CCC1CCC(N(C)S(=O)(=O)c2cccnc2NC)CC1. The maximum Gasteiger partial charge on any atom is 0.246 e. The molecule has 0 saturated heterocycles. The summed E-state index contributed by atoms with van der Waals surface area (Å²) in [6.45, 7) is 2.21. The molecule has 0 atom stereocenters. The molecule has 1 aromatic heterocycles. The first-order valence-corrected chi connectivity index (χ1v) is 9.05. The summed E-state index contributed by atoms with van der Waals surface area (Å²) in [7, 11) is -0.116. The molecule has 0 aromatic carbocycles. The average molecular weight is 311 g/mol. The zero-order chi connectivity index (χ0) is 15.5. The molecule has 1 saturated carbocycles. The van der Waals surface area contributed by atoms with E-state index >= 15 is 0 Å². The highest BCUT2D eigenvalue weighted by atomic mass is 32.2. The van der Waals surface area contributed by atoms with E-state index in [9.17, 15) is 8.42 Å². The molecule has 5 nitrogen and oxygen atoms in total. The van der Waals surface area contributed by atoms with Crippen molar-refractivity contribution in [2.45, 2.75) is 50.0 Å². The molecule has 6 heteroatoms. The lowest BCUT2D eigenvalue weighted by Crippen LogP contribution is -2.39. The summed E-state index contributed by atoms with van der Waals surface area (Å²) < 4.78 is 27.2. The Morgan fingerprint density at radius 1 is 1.33 bits per heavy atom. The third kappa shape index (κ3) is 3.37. The molecule has 0 amide bonds. The van der Waals surface area contributed by atoms with Gasteiger partial charge in [0.1, 0.15) is 10.7 Å². The van der Waals surface area contributed by atoms with Crippen LogP contribution in [0.25, 0.3) is 0 Å². The standard InChI is InChI=1S/C15H25N3O2S/c1-4-12-7-9-13(10-8-12)18(3)21(19,20)14-6-5-11-17-15(14)16-2/h5-6,11-13H,4,7-10H2,1-3H3,(H,16,17). The van der Waals surface area contributed by atoms with Crippen molar-refractivity contribution in [2.75, 3.05) is 19.4 Å². The van der Waals surface area contributed by atoms with Gasteiger partial charge in [0.25, 0.3) is 0 Å². The lowest BCUT2D eigenvalue weighted by atomic mass is 9.85. The van der Waals surface area contributed by atoms with Crippen molar-refractivity contribution < 1.29 is 8.42 Å². The smallest absolute Gasteiger partial charge is 0.246 e. The third-order valence-electron chi connectivity index (χ3n) is 4.57. The van der Waals surface area contributed by atoms with Gasteiger partial charge in [0.05, 0.1) is 0 Å². The van der Waals surface area contributed by atoms with E-state index in [0.29, 0.717) is 5.82 Å². The molecule has 0 unspecified atom stereocenters. The van der Waals surface area contributed by atoms with E-state index in [2.05, 4.69) is 17.2 Å². The molecule has 118 valence electrons. The molecule has 1 aromatic rings. The van der Waals surface area contributed by atoms with E-state index < -0.39 is 10.0 Å². The quantitative estimate of drug-likeness (QED) is 0.908. The molecule has 1 aliphatic carbocycles. The van der Waals surface area contributed by atoms with Gasteiger partial charge in [0, 0.05) is 26.3 Å². The second-order valence-electron chi connectivity index (χ2n) is 5.70. The number of hydrogen-bond donors (Lipinski definition) is 1. The van der Waals surface area contributed by atoms with Crippen LogP contribution in [0.4, 0.5) is 5.82 Å². The van der Waals surface area contributed by atoms with Gasteiger partial charge in [-0.15, -0.1) is 0 Å². The molecular weight excluding hydrogens is 286 g/mol. The molecule has 1 fully saturated rings. The Morgan fingerprint density at radius 2 is 2.00 bits per heavy atom. The molecule has 0 spiro atoms. The Balaban J connectivity index is 2.19. The van der Waals surface area contributed by atoms with Gasteiger partial charge in [-0.2, -0.15) is 4.31 Å². The summed E-state index contributed by atoms with van der Waals surface area (Å²) in [5.74, 6) is 1.16. The van der Waals surface area contributed by atoms with Crippen molar-refractivity contribution in [2.24, 2.45) is 5.92 Å². The van der Waals surface area contributed by atoms with Gasteiger partial charge in [-0.25, -0.2) is 13.4 Å². The predicted molar refractivity (Wildman–Crippen MR) is 84.8 cm³/mol. The average Bonchev–Trinajstić information content (AvgIpc) is 2.54. The van der Waals surface area contributed by atoms with Gasteiger partial charge in [-0.1, -0.05) is 13.3 Å². The first-order valence-electron chi connectivity index (χ1n) is 7.61. The zero-order valence-electron chi connectivity index (χ0n) is 13.0. The van der Waals surface area contributed by atoms with E-state index in [4.69, 9.17) is 0 Å². The Kier molecular flexibility index (Phi) is 5.22. The van der Waals surface area contributed by atoms with Crippen LogP contribution >= 0.6 is 0 Å². The highest BCUT2D eigenvalue weighted by Gasteiger charge is 2.32. The van der Waals surface area contributed by atoms with E-state index in [1.807, 2.05) is 0 Å². The van der Waals surface area contributed by atoms with Crippen LogP contribution in [0.5, 0.6) is 0 Å². The Bertz CT molecular complexity index is 566. The number of nitrogens with one attached hydrogen (secondary N) is 1. The van der Waals surface area contributed by atoms with Crippen molar-refractivity contribution in [1.82, 2.24) is 9.29 Å². The highest BCUT2D eigenvalue weighted by molar-refractivity contribution is 7.89. The summed E-state index contributed by atoms with van der Waals surface area (Å²) in [4.78, 5) is 4.36. The fourth-order valence-corrected chi connectivity index (χ4v) is 4.62.